The van der Waals surface area contributed by atoms with Crippen molar-refractivity contribution in [2.75, 3.05) is 37.6 Å². The largest absolute Gasteiger partial charge is 0.464 e. The summed E-state index contributed by atoms with van der Waals surface area (Å²) in [5.74, 6) is 0. The van der Waals surface area contributed by atoms with E-state index in [0.717, 1.165) is 44.7 Å². The first-order valence-corrected chi connectivity index (χ1v) is 9.78. The first-order chi connectivity index (χ1) is 13.3. The number of nitrogens with one attached hydrogen (secondary N) is 1. The number of fused-ring (bicyclic) bond motifs is 2. The van der Waals surface area contributed by atoms with Crippen molar-refractivity contribution in [3.8, 4) is 0 Å². The number of benzene rings is 2. The molecule has 2 aromatic heterocycles. The average Bonchev–Trinajstić information content (AvgIpc) is 3.33. The Morgan fingerprint density at radius 1 is 1.00 bits per heavy atom. The van der Waals surface area contributed by atoms with E-state index in [1.165, 1.54) is 33.1 Å². The maximum Gasteiger partial charge on any atom is 0.134 e. The number of furan rings is 1. The number of aromatic nitrogens is 1. The summed E-state index contributed by atoms with van der Waals surface area (Å²) < 4.78 is 5.75. The molecule has 0 spiro atoms. The highest BCUT2D eigenvalue weighted by Gasteiger charge is 2.19. The van der Waals surface area contributed by atoms with Gasteiger partial charge in [0.2, 0.25) is 0 Å². The Hall–Kier alpha value is -2.72. The van der Waals surface area contributed by atoms with Gasteiger partial charge in [0.25, 0.3) is 0 Å². The molecule has 2 aromatic carbocycles. The van der Waals surface area contributed by atoms with Gasteiger partial charge in [0.05, 0.1) is 6.26 Å². The lowest BCUT2D eigenvalue weighted by Crippen LogP contribution is -2.47. The molecule has 4 aromatic rings. The summed E-state index contributed by atoms with van der Waals surface area (Å²) >= 11 is 0. The molecule has 0 saturated carbocycles. The fourth-order valence-electron chi connectivity index (χ4n) is 4.22. The van der Waals surface area contributed by atoms with Crippen molar-refractivity contribution in [1.29, 1.82) is 0 Å². The van der Waals surface area contributed by atoms with E-state index in [2.05, 4.69) is 64.2 Å². The second-order valence-corrected chi connectivity index (χ2v) is 7.56. The smallest absolute Gasteiger partial charge is 0.134 e. The van der Waals surface area contributed by atoms with E-state index in [1.54, 1.807) is 0 Å². The Bertz CT molecular complexity index is 1070. The minimum Gasteiger partial charge on any atom is -0.464 e. The molecule has 0 radical (unpaired) electrons. The van der Waals surface area contributed by atoms with Crippen molar-refractivity contribution in [2.45, 2.75) is 13.3 Å². The van der Waals surface area contributed by atoms with Crippen LogP contribution in [0.15, 0.2) is 59.3 Å². The average molecular weight is 359 g/mol. The molecule has 1 aliphatic heterocycles. The minimum absolute atomic E-state index is 1.01. The van der Waals surface area contributed by atoms with Gasteiger partial charge in [0.1, 0.15) is 5.58 Å². The minimum atomic E-state index is 1.01. The van der Waals surface area contributed by atoms with E-state index in [-0.39, 0.29) is 0 Å². The van der Waals surface area contributed by atoms with Crippen LogP contribution in [0.4, 0.5) is 5.69 Å². The van der Waals surface area contributed by atoms with Crippen LogP contribution in [-0.4, -0.2) is 42.6 Å². The van der Waals surface area contributed by atoms with E-state index in [1.807, 2.05) is 12.5 Å². The van der Waals surface area contributed by atoms with Gasteiger partial charge in [-0.15, -0.1) is 0 Å². The zero-order valence-corrected chi connectivity index (χ0v) is 15.7. The number of piperazine rings is 1. The van der Waals surface area contributed by atoms with Gasteiger partial charge in [-0.3, -0.25) is 4.90 Å². The highest BCUT2D eigenvalue weighted by molar-refractivity contribution is 5.92. The molecule has 0 amide bonds. The van der Waals surface area contributed by atoms with Crippen LogP contribution in [0.5, 0.6) is 0 Å². The molecule has 1 fully saturated rings. The van der Waals surface area contributed by atoms with Crippen LogP contribution in [0.1, 0.15) is 11.1 Å². The number of anilines is 1. The van der Waals surface area contributed by atoms with Crippen LogP contribution < -0.4 is 4.90 Å². The van der Waals surface area contributed by atoms with Gasteiger partial charge in [-0.25, -0.2) is 0 Å². The molecule has 0 unspecified atom stereocenters. The van der Waals surface area contributed by atoms with Gasteiger partial charge in [-0.2, -0.15) is 0 Å². The Kier molecular flexibility index (Phi) is 4.13. The molecular formula is C23H25N3O. The third kappa shape index (κ3) is 3.10. The van der Waals surface area contributed by atoms with Crippen LogP contribution >= 0.6 is 0 Å². The maximum atomic E-state index is 5.75. The van der Waals surface area contributed by atoms with Crippen LogP contribution in [0.25, 0.3) is 21.9 Å². The molecule has 0 atom stereocenters. The summed E-state index contributed by atoms with van der Waals surface area (Å²) in [7, 11) is 0. The van der Waals surface area contributed by atoms with E-state index < -0.39 is 0 Å². The van der Waals surface area contributed by atoms with Gasteiger partial charge >= 0.3 is 0 Å². The first kappa shape index (κ1) is 16.5. The van der Waals surface area contributed by atoms with Crippen LogP contribution in [0.3, 0.4) is 0 Å². The summed E-state index contributed by atoms with van der Waals surface area (Å²) in [6.07, 6.45) is 5.01. The lowest BCUT2D eigenvalue weighted by molar-refractivity contribution is 0.261. The molecule has 1 N–H and O–H groups in total. The maximum absolute atomic E-state index is 5.75. The Balaban J connectivity index is 1.22. The molecule has 1 saturated heterocycles. The monoisotopic (exact) mass is 359 g/mol. The molecule has 0 bridgehead atoms. The van der Waals surface area contributed by atoms with Gasteiger partial charge < -0.3 is 14.3 Å². The SMILES string of the molecule is Cc1ccc2c(CCN3CCN(c4cccc5[nH]ccc45)CC3)coc2c1. The summed E-state index contributed by atoms with van der Waals surface area (Å²) in [4.78, 5) is 8.40. The lowest BCUT2D eigenvalue weighted by Gasteiger charge is -2.36. The third-order valence-electron chi connectivity index (χ3n) is 5.79. The van der Waals surface area contributed by atoms with E-state index >= 15 is 0 Å². The van der Waals surface area contributed by atoms with E-state index in [4.69, 9.17) is 4.42 Å². The number of nitrogens with zero attached hydrogens (tertiary/aromatic N) is 2. The topological polar surface area (TPSA) is 35.4 Å². The van der Waals surface area contributed by atoms with Crippen molar-refractivity contribution >= 4 is 27.6 Å². The molecule has 0 aliphatic carbocycles. The number of aryl methyl sites for hydroxylation is 1. The second-order valence-electron chi connectivity index (χ2n) is 7.56. The predicted molar refractivity (Wildman–Crippen MR) is 112 cm³/mol. The Morgan fingerprint density at radius 3 is 2.78 bits per heavy atom. The van der Waals surface area contributed by atoms with Crippen molar-refractivity contribution < 1.29 is 4.42 Å². The van der Waals surface area contributed by atoms with Crippen molar-refractivity contribution in [3.63, 3.8) is 0 Å². The molecule has 5 rings (SSSR count). The summed E-state index contributed by atoms with van der Waals surface area (Å²) in [6.45, 7) is 7.57. The number of hydrogen-bond acceptors (Lipinski definition) is 3. The van der Waals surface area contributed by atoms with Gasteiger partial charge in [-0.1, -0.05) is 18.2 Å². The number of H-pyrrole nitrogens is 1. The molecule has 138 valence electrons. The zero-order chi connectivity index (χ0) is 18.2. The zero-order valence-electron chi connectivity index (χ0n) is 15.7. The predicted octanol–water partition coefficient (Wildman–Crippen LogP) is 4.59. The standard InChI is InChI=1S/C23H25N3O/c1-17-5-6-19-18(16-27-23(19)15-17)8-10-25-11-13-26(14-12-25)22-4-2-3-21-20(22)7-9-24-21/h2-7,9,15-16,24H,8,10-14H2,1H3. The molecule has 3 heterocycles. The van der Waals surface area contributed by atoms with Crippen molar-refractivity contribution in [2.24, 2.45) is 0 Å². The molecular weight excluding hydrogens is 334 g/mol. The molecule has 4 heteroatoms. The Morgan fingerprint density at radius 2 is 1.89 bits per heavy atom. The summed E-state index contributed by atoms with van der Waals surface area (Å²) in [5.41, 5.74) is 6.15. The number of rotatable bonds is 4. The fourth-order valence-corrected chi connectivity index (χ4v) is 4.22. The molecule has 27 heavy (non-hydrogen) atoms. The van der Waals surface area contributed by atoms with E-state index in [0.29, 0.717) is 0 Å². The first-order valence-electron chi connectivity index (χ1n) is 9.78. The van der Waals surface area contributed by atoms with E-state index in [9.17, 15) is 0 Å². The van der Waals surface area contributed by atoms with Gasteiger partial charge in [0.15, 0.2) is 0 Å². The highest BCUT2D eigenvalue weighted by atomic mass is 16.3. The molecule has 4 nitrogen and oxygen atoms in total. The number of hydrogen-bond donors (Lipinski definition) is 1. The van der Waals surface area contributed by atoms with Crippen LogP contribution in [-0.2, 0) is 6.42 Å². The highest BCUT2D eigenvalue weighted by Crippen LogP contribution is 2.27. The fraction of sp³-hybridized carbons (Fsp3) is 0.304. The number of aromatic amines is 1. The van der Waals surface area contributed by atoms with Crippen molar-refractivity contribution in [1.82, 2.24) is 9.88 Å². The van der Waals surface area contributed by atoms with Gasteiger partial charge in [-0.05, 0) is 48.7 Å². The van der Waals surface area contributed by atoms with Crippen LogP contribution in [0, 0.1) is 6.92 Å². The van der Waals surface area contributed by atoms with Gasteiger partial charge in [0, 0.05) is 60.9 Å². The van der Waals surface area contributed by atoms with Crippen LogP contribution in [0.2, 0.25) is 0 Å². The quantitative estimate of drug-likeness (QED) is 0.579. The normalized spacial score (nSPS) is 15.8. The lowest BCUT2D eigenvalue weighted by atomic mass is 10.1. The second kappa shape index (κ2) is 6.78. The van der Waals surface area contributed by atoms with Crippen molar-refractivity contribution in [3.05, 3.63) is 66.1 Å². The summed E-state index contributed by atoms with van der Waals surface area (Å²) in [6, 6.07) is 15.2. The summed E-state index contributed by atoms with van der Waals surface area (Å²) in [5, 5.41) is 2.59. The molecule has 1 aliphatic rings. The third-order valence-corrected chi connectivity index (χ3v) is 5.79. The Labute approximate surface area is 159 Å².